The van der Waals surface area contributed by atoms with Crippen molar-refractivity contribution in [3.05, 3.63) is 179 Å². The van der Waals surface area contributed by atoms with E-state index >= 15 is 0 Å². The summed E-state index contributed by atoms with van der Waals surface area (Å²) in [5, 5.41) is 0. The van der Waals surface area contributed by atoms with Crippen LogP contribution in [0.25, 0.3) is 11.1 Å². The van der Waals surface area contributed by atoms with Crippen LogP contribution in [-0.4, -0.2) is 12.7 Å². The van der Waals surface area contributed by atoms with Crippen LogP contribution in [0.3, 0.4) is 0 Å². The van der Waals surface area contributed by atoms with Gasteiger partial charge in [-0.2, -0.15) is 0 Å². The van der Waals surface area contributed by atoms with Crippen molar-refractivity contribution in [3.8, 4) is 5.75 Å². The highest BCUT2D eigenvalue weighted by Gasteiger charge is 2.52. The van der Waals surface area contributed by atoms with Crippen LogP contribution in [0.1, 0.15) is 46.6 Å². The Morgan fingerprint density at radius 2 is 1.17 bits per heavy atom. The Balaban J connectivity index is 1.51. The van der Waals surface area contributed by atoms with E-state index in [0.29, 0.717) is 6.61 Å². The van der Waals surface area contributed by atoms with Crippen molar-refractivity contribution in [2.75, 3.05) is 7.11 Å². The second kappa shape index (κ2) is 12.3. The summed E-state index contributed by atoms with van der Waals surface area (Å²) in [6, 6.07) is 50.4. The minimum Gasteiger partial charge on any atom is -0.489 e. The Labute approximate surface area is 243 Å². The average molecular weight is 535 g/mol. The lowest BCUT2D eigenvalue weighted by atomic mass is 9.61. The van der Waals surface area contributed by atoms with Crippen LogP contribution in [0.15, 0.2) is 151 Å². The predicted octanol–water partition coefficient (Wildman–Crippen LogP) is 9.34. The van der Waals surface area contributed by atoms with Crippen molar-refractivity contribution in [1.82, 2.24) is 0 Å². The number of hydrogen-bond donors (Lipinski definition) is 0. The van der Waals surface area contributed by atoms with E-state index in [1.54, 1.807) is 0 Å². The zero-order valence-corrected chi connectivity index (χ0v) is 23.4. The van der Waals surface area contributed by atoms with Gasteiger partial charge in [-0.3, -0.25) is 0 Å². The summed E-state index contributed by atoms with van der Waals surface area (Å²) in [5.41, 5.74) is 11.2. The molecule has 2 nitrogen and oxygen atoms in total. The standard InChI is InChI=1S/C39H34O2/c1-40-39(27-26-36(39)34-24-14-15-25-38(34)41-29-30-16-6-2-7-17-30)37(33-22-12-5-13-23-33)28-35(31-18-8-3-9-19-31)32-20-10-4-11-21-32/h2-25,36H,26-27,29H2,1H3/t36-,39+/m0/s1. The van der Waals surface area contributed by atoms with Crippen molar-refractivity contribution in [3.63, 3.8) is 0 Å². The fourth-order valence-electron chi connectivity index (χ4n) is 5.91. The second-order valence-corrected chi connectivity index (χ2v) is 10.5. The molecule has 5 aromatic carbocycles. The molecule has 0 saturated heterocycles. The van der Waals surface area contributed by atoms with Crippen molar-refractivity contribution >= 4 is 11.1 Å². The minimum absolute atomic E-state index is 0.120. The maximum absolute atomic E-state index is 6.58. The topological polar surface area (TPSA) is 18.5 Å². The lowest BCUT2D eigenvalue weighted by molar-refractivity contribution is -0.0439. The zero-order valence-electron chi connectivity index (χ0n) is 23.4. The molecular formula is C39H34O2. The van der Waals surface area contributed by atoms with E-state index in [1.807, 2.05) is 31.4 Å². The molecule has 0 N–H and O–H groups in total. The molecule has 2 heteroatoms. The molecule has 202 valence electrons. The van der Waals surface area contributed by atoms with E-state index in [4.69, 9.17) is 9.47 Å². The van der Waals surface area contributed by atoms with E-state index in [-0.39, 0.29) is 5.92 Å². The van der Waals surface area contributed by atoms with Gasteiger partial charge in [0, 0.05) is 29.7 Å². The number of para-hydroxylation sites is 1. The largest absolute Gasteiger partial charge is 0.489 e. The monoisotopic (exact) mass is 534 g/mol. The van der Waals surface area contributed by atoms with Gasteiger partial charge in [0.15, 0.2) is 0 Å². The maximum atomic E-state index is 6.58. The van der Waals surface area contributed by atoms with Gasteiger partial charge >= 0.3 is 0 Å². The molecule has 1 saturated carbocycles. The molecule has 0 bridgehead atoms. The summed E-state index contributed by atoms with van der Waals surface area (Å²) < 4.78 is 13.0. The van der Waals surface area contributed by atoms with Crippen LogP contribution in [0, 0.1) is 0 Å². The van der Waals surface area contributed by atoms with Gasteiger partial charge in [0.1, 0.15) is 18.0 Å². The fraction of sp³-hybridized carbons (Fsp3) is 0.154. The van der Waals surface area contributed by atoms with Gasteiger partial charge in [0.25, 0.3) is 0 Å². The Kier molecular flexibility index (Phi) is 7.96. The summed E-state index contributed by atoms with van der Waals surface area (Å²) in [4.78, 5) is 0. The van der Waals surface area contributed by atoms with Gasteiger partial charge in [0.05, 0.1) is 0 Å². The van der Waals surface area contributed by atoms with Gasteiger partial charge in [-0.1, -0.05) is 140 Å². The molecule has 5 aromatic rings. The highest BCUT2D eigenvalue weighted by Crippen LogP contribution is 2.57. The first kappa shape index (κ1) is 26.6. The number of hydrogen-bond acceptors (Lipinski definition) is 2. The fourth-order valence-corrected chi connectivity index (χ4v) is 5.91. The van der Waals surface area contributed by atoms with E-state index in [0.717, 1.165) is 52.0 Å². The Bertz CT molecular complexity index is 1590. The third kappa shape index (κ3) is 5.54. The number of rotatable bonds is 9. The summed E-state index contributed by atoms with van der Waals surface area (Å²) in [6.45, 7) is 0.526. The third-order valence-corrected chi connectivity index (χ3v) is 8.12. The maximum Gasteiger partial charge on any atom is 0.123 e. The third-order valence-electron chi connectivity index (χ3n) is 8.12. The molecular weight excluding hydrogens is 500 g/mol. The van der Waals surface area contributed by atoms with Crippen LogP contribution >= 0.6 is 0 Å². The zero-order chi connectivity index (χ0) is 27.9. The van der Waals surface area contributed by atoms with Crippen molar-refractivity contribution < 1.29 is 9.47 Å². The lowest BCUT2D eigenvalue weighted by Gasteiger charge is -2.50. The summed E-state index contributed by atoms with van der Waals surface area (Å²) in [7, 11) is 1.84. The Morgan fingerprint density at radius 1 is 0.659 bits per heavy atom. The van der Waals surface area contributed by atoms with Gasteiger partial charge in [-0.25, -0.2) is 0 Å². The highest BCUT2D eigenvalue weighted by atomic mass is 16.5. The van der Waals surface area contributed by atoms with Crippen LogP contribution < -0.4 is 4.74 Å². The molecule has 1 aliphatic rings. The molecule has 1 fully saturated rings. The highest BCUT2D eigenvalue weighted by molar-refractivity contribution is 5.86. The van der Waals surface area contributed by atoms with Gasteiger partial charge in [-0.05, 0) is 41.2 Å². The van der Waals surface area contributed by atoms with Gasteiger partial charge in [0.2, 0.25) is 0 Å². The molecule has 2 atom stereocenters. The Hall–Kier alpha value is -4.62. The molecule has 0 amide bonds. The molecule has 0 heterocycles. The number of benzene rings is 5. The van der Waals surface area contributed by atoms with E-state index < -0.39 is 5.60 Å². The van der Waals surface area contributed by atoms with Crippen LogP contribution in [0.2, 0.25) is 0 Å². The first-order valence-electron chi connectivity index (χ1n) is 14.3. The lowest BCUT2D eigenvalue weighted by Crippen LogP contribution is -2.48. The number of methoxy groups -OCH3 is 1. The van der Waals surface area contributed by atoms with Gasteiger partial charge < -0.3 is 9.47 Å². The average Bonchev–Trinajstić information content (AvgIpc) is 3.04. The summed E-state index contributed by atoms with van der Waals surface area (Å²) in [6.07, 6.45) is 1.90. The summed E-state index contributed by atoms with van der Waals surface area (Å²) >= 11 is 0. The first-order chi connectivity index (χ1) is 20.3. The molecule has 0 spiro atoms. The SMILES string of the molecule is CO[C@]1(C(=C=C(c2ccccc2)c2ccccc2)c2ccccc2)CC[C@H]1c1ccccc1OCc1ccccc1. The van der Waals surface area contributed by atoms with Crippen LogP contribution in [0.5, 0.6) is 5.75 Å². The summed E-state index contributed by atoms with van der Waals surface area (Å²) in [5.74, 6) is 1.03. The van der Waals surface area contributed by atoms with Crippen LogP contribution in [0.4, 0.5) is 0 Å². The van der Waals surface area contributed by atoms with E-state index in [2.05, 4.69) is 127 Å². The molecule has 0 unspecified atom stereocenters. The second-order valence-electron chi connectivity index (χ2n) is 10.5. The van der Waals surface area contributed by atoms with Crippen LogP contribution in [-0.2, 0) is 11.3 Å². The van der Waals surface area contributed by atoms with Gasteiger partial charge in [-0.15, -0.1) is 5.73 Å². The van der Waals surface area contributed by atoms with Crippen molar-refractivity contribution in [1.29, 1.82) is 0 Å². The van der Waals surface area contributed by atoms with Crippen molar-refractivity contribution in [2.45, 2.75) is 31.0 Å². The minimum atomic E-state index is -0.553. The molecule has 6 rings (SSSR count). The van der Waals surface area contributed by atoms with E-state index in [9.17, 15) is 0 Å². The normalized spacial score (nSPS) is 17.6. The quantitative estimate of drug-likeness (QED) is 0.175. The Morgan fingerprint density at radius 3 is 1.71 bits per heavy atom. The molecule has 0 aromatic heterocycles. The smallest absolute Gasteiger partial charge is 0.123 e. The molecule has 0 aliphatic heterocycles. The molecule has 1 aliphatic carbocycles. The first-order valence-corrected chi connectivity index (χ1v) is 14.3. The number of ether oxygens (including phenoxy) is 2. The van der Waals surface area contributed by atoms with E-state index in [1.165, 1.54) is 5.56 Å². The molecule has 0 radical (unpaired) electrons. The van der Waals surface area contributed by atoms with Crippen molar-refractivity contribution in [2.24, 2.45) is 0 Å². The molecule has 41 heavy (non-hydrogen) atoms. The predicted molar refractivity (Wildman–Crippen MR) is 168 cm³/mol.